The van der Waals surface area contributed by atoms with Gasteiger partial charge in [0, 0.05) is 7.05 Å². The maximum Gasteiger partial charge on any atom is 0.264 e. The minimum absolute atomic E-state index is 0.140. The van der Waals surface area contributed by atoms with E-state index in [-0.39, 0.29) is 18.0 Å². The number of nitrogens with zero attached hydrogens (tertiary/aromatic N) is 4. The van der Waals surface area contributed by atoms with Gasteiger partial charge in [-0.2, -0.15) is 5.10 Å². The number of anilines is 1. The molecule has 0 aliphatic heterocycles. The first-order valence-corrected chi connectivity index (χ1v) is 7.99. The summed E-state index contributed by atoms with van der Waals surface area (Å²) >= 11 is 0. The summed E-state index contributed by atoms with van der Waals surface area (Å²) < 4.78 is 8.39. The molecule has 3 aromatic rings. The molecule has 0 radical (unpaired) electrons. The van der Waals surface area contributed by atoms with Crippen molar-refractivity contribution in [3.05, 3.63) is 47.1 Å². The first-order chi connectivity index (χ1) is 12.1. The maximum atomic E-state index is 12.4. The lowest BCUT2D eigenvalue weighted by atomic mass is 10.3. The molecule has 0 bridgehead atoms. The number of nitrogens with one attached hydrogen (secondary N) is 1. The zero-order chi connectivity index (χ0) is 17.8. The van der Waals surface area contributed by atoms with Gasteiger partial charge in [0.05, 0.1) is 18.5 Å². The molecule has 1 aromatic carbocycles. The van der Waals surface area contributed by atoms with Gasteiger partial charge in [-0.05, 0) is 18.6 Å². The summed E-state index contributed by atoms with van der Waals surface area (Å²) in [6.07, 6.45) is 3.67. The number of para-hydroxylation sites is 2. The van der Waals surface area contributed by atoms with Gasteiger partial charge in [0.25, 0.3) is 5.56 Å². The molecule has 2 aromatic heterocycles. The van der Waals surface area contributed by atoms with Crippen LogP contribution >= 0.6 is 0 Å². The van der Waals surface area contributed by atoms with Crippen LogP contribution in [0, 0.1) is 0 Å². The van der Waals surface area contributed by atoms with Crippen LogP contribution in [0.1, 0.15) is 13.3 Å². The van der Waals surface area contributed by atoms with E-state index >= 15 is 0 Å². The van der Waals surface area contributed by atoms with Gasteiger partial charge in [-0.1, -0.05) is 19.1 Å². The summed E-state index contributed by atoms with van der Waals surface area (Å²) in [5.74, 6) is 0.269. The van der Waals surface area contributed by atoms with Crippen molar-refractivity contribution in [2.75, 3.05) is 11.9 Å². The molecule has 0 spiro atoms. The smallest absolute Gasteiger partial charge is 0.264 e. The van der Waals surface area contributed by atoms with Crippen molar-refractivity contribution in [3.63, 3.8) is 0 Å². The van der Waals surface area contributed by atoms with Crippen LogP contribution in [0.25, 0.3) is 11.0 Å². The van der Waals surface area contributed by atoms with E-state index in [4.69, 9.17) is 4.74 Å². The summed E-state index contributed by atoms with van der Waals surface area (Å²) in [4.78, 5) is 28.9. The van der Waals surface area contributed by atoms with Crippen molar-refractivity contribution in [1.29, 1.82) is 0 Å². The van der Waals surface area contributed by atoms with Crippen molar-refractivity contribution < 1.29 is 9.53 Å². The molecular weight excluding hydrogens is 322 g/mol. The normalized spacial score (nSPS) is 10.8. The topological polar surface area (TPSA) is 91.0 Å². The quantitative estimate of drug-likeness (QED) is 0.735. The number of ether oxygens (including phenoxy) is 1. The Morgan fingerprint density at radius 2 is 2.12 bits per heavy atom. The largest absolute Gasteiger partial charge is 0.491 e. The second-order valence-corrected chi connectivity index (χ2v) is 5.58. The lowest BCUT2D eigenvalue weighted by Gasteiger charge is -2.12. The van der Waals surface area contributed by atoms with Crippen molar-refractivity contribution in [2.24, 2.45) is 7.05 Å². The molecule has 0 aliphatic carbocycles. The summed E-state index contributed by atoms with van der Waals surface area (Å²) in [5.41, 5.74) is 0.758. The van der Waals surface area contributed by atoms with Crippen molar-refractivity contribution in [1.82, 2.24) is 19.3 Å². The van der Waals surface area contributed by atoms with E-state index in [1.165, 1.54) is 21.8 Å². The highest BCUT2D eigenvalue weighted by Gasteiger charge is 2.12. The lowest BCUT2D eigenvalue weighted by molar-refractivity contribution is -0.116. The number of carbonyl (C=O) groups excluding carboxylic acids is 1. The predicted octanol–water partition coefficient (Wildman–Crippen LogP) is 1.56. The van der Waals surface area contributed by atoms with Gasteiger partial charge >= 0.3 is 0 Å². The fourth-order valence-corrected chi connectivity index (χ4v) is 2.43. The van der Waals surface area contributed by atoms with Crippen molar-refractivity contribution in [3.8, 4) is 5.75 Å². The van der Waals surface area contributed by atoms with Crippen LogP contribution in [-0.2, 0) is 18.4 Å². The van der Waals surface area contributed by atoms with E-state index in [1.807, 2.05) is 19.1 Å². The lowest BCUT2D eigenvalue weighted by Crippen LogP contribution is -2.28. The fourth-order valence-electron chi connectivity index (χ4n) is 2.43. The van der Waals surface area contributed by atoms with Crippen LogP contribution in [0.3, 0.4) is 0 Å². The summed E-state index contributed by atoms with van der Waals surface area (Å²) in [6.45, 7) is 2.43. The highest BCUT2D eigenvalue weighted by Crippen LogP contribution is 2.23. The number of hydrogen-bond donors (Lipinski definition) is 1. The number of aryl methyl sites for hydroxylation is 1. The second kappa shape index (κ2) is 7.16. The maximum absolute atomic E-state index is 12.4. The Morgan fingerprint density at radius 1 is 1.32 bits per heavy atom. The second-order valence-electron chi connectivity index (χ2n) is 5.58. The number of hydrogen-bond acceptors (Lipinski definition) is 5. The Labute approximate surface area is 144 Å². The van der Waals surface area contributed by atoms with Crippen LogP contribution in [0.15, 0.2) is 41.6 Å². The number of benzene rings is 1. The predicted molar refractivity (Wildman–Crippen MR) is 93.6 cm³/mol. The van der Waals surface area contributed by atoms with Gasteiger partial charge < -0.3 is 10.1 Å². The average Bonchev–Trinajstić information content (AvgIpc) is 2.98. The van der Waals surface area contributed by atoms with E-state index in [0.29, 0.717) is 29.1 Å². The van der Waals surface area contributed by atoms with Crippen LogP contribution in [-0.4, -0.2) is 31.8 Å². The molecule has 0 saturated carbocycles. The SMILES string of the molecule is CCCOc1ccccc1NC(=O)Cn1cnc2c(cnn2C)c1=O. The van der Waals surface area contributed by atoms with E-state index in [9.17, 15) is 9.59 Å². The van der Waals surface area contributed by atoms with Gasteiger partial charge in [-0.3, -0.25) is 18.8 Å². The van der Waals surface area contributed by atoms with E-state index < -0.39 is 0 Å². The fraction of sp³-hybridized carbons (Fsp3) is 0.294. The van der Waals surface area contributed by atoms with Crippen LogP contribution < -0.4 is 15.6 Å². The molecule has 1 amide bonds. The molecule has 25 heavy (non-hydrogen) atoms. The Balaban J connectivity index is 1.77. The third-order valence-corrected chi connectivity index (χ3v) is 3.65. The van der Waals surface area contributed by atoms with Gasteiger partial charge in [-0.15, -0.1) is 0 Å². The zero-order valence-electron chi connectivity index (χ0n) is 14.1. The van der Waals surface area contributed by atoms with Gasteiger partial charge in [0.15, 0.2) is 5.65 Å². The Bertz CT molecular complexity index is 960. The molecule has 0 unspecified atom stereocenters. The Hall–Kier alpha value is -3.16. The molecule has 130 valence electrons. The minimum atomic E-state index is -0.334. The Morgan fingerprint density at radius 3 is 2.92 bits per heavy atom. The molecule has 0 saturated heterocycles. The molecule has 8 heteroatoms. The van der Waals surface area contributed by atoms with E-state index in [0.717, 1.165) is 6.42 Å². The monoisotopic (exact) mass is 341 g/mol. The summed E-state index contributed by atoms with van der Waals surface area (Å²) in [7, 11) is 1.71. The molecular formula is C17H19N5O3. The highest BCUT2D eigenvalue weighted by molar-refractivity contribution is 5.92. The number of amides is 1. The molecule has 3 rings (SSSR count). The first kappa shape index (κ1) is 16.7. The van der Waals surface area contributed by atoms with Gasteiger partial charge in [0.1, 0.15) is 24.0 Å². The molecule has 8 nitrogen and oxygen atoms in total. The summed E-state index contributed by atoms with van der Waals surface area (Å²) in [6, 6.07) is 7.20. The molecule has 0 atom stereocenters. The number of rotatable bonds is 6. The van der Waals surface area contributed by atoms with E-state index in [1.54, 1.807) is 19.2 Å². The van der Waals surface area contributed by atoms with E-state index in [2.05, 4.69) is 15.4 Å². The number of carbonyl (C=O) groups is 1. The van der Waals surface area contributed by atoms with Crippen molar-refractivity contribution >= 4 is 22.6 Å². The molecule has 1 N–H and O–H groups in total. The minimum Gasteiger partial charge on any atom is -0.491 e. The third kappa shape index (κ3) is 3.52. The van der Waals surface area contributed by atoms with Crippen LogP contribution in [0.4, 0.5) is 5.69 Å². The zero-order valence-corrected chi connectivity index (χ0v) is 14.1. The van der Waals surface area contributed by atoms with Crippen LogP contribution in [0.5, 0.6) is 5.75 Å². The standard InChI is InChI=1S/C17H19N5O3/c1-3-8-25-14-7-5-4-6-13(14)20-15(23)10-22-11-18-16-12(17(22)24)9-19-21(16)2/h4-7,9,11H,3,8,10H2,1-2H3,(H,20,23). The molecule has 0 aliphatic rings. The summed E-state index contributed by atoms with van der Waals surface area (Å²) in [5, 5.41) is 7.16. The van der Waals surface area contributed by atoms with Crippen LogP contribution in [0.2, 0.25) is 0 Å². The third-order valence-electron chi connectivity index (χ3n) is 3.65. The highest BCUT2D eigenvalue weighted by atomic mass is 16.5. The number of aromatic nitrogens is 4. The molecule has 0 fully saturated rings. The van der Waals surface area contributed by atoms with Gasteiger partial charge in [-0.25, -0.2) is 4.98 Å². The average molecular weight is 341 g/mol. The molecule has 2 heterocycles. The number of fused-ring (bicyclic) bond motifs is 1. The first-order valence-electron chi connectivity index (χ1n) is 7.99. The Kier molecular flexibility index (Phi) is 4.78. The van der Waals surface area contributed by atoms with Gasteiger partial charge in [0.2, 0.25) is 5.91 Å². The van der Waals surface area contributed by atoms with Crippen molar-refractivity contribution in [2.45, 2.75) is 19.9 Å².